The highest BCUT2D eigenvalue weighted by Gasteiger charge is 2.03. The van der Waals surface area contributed by atoms with Gasteiger partial charge in [0.25, 0.3) is 0 Å². The maximum absolute atomic E-state index is 12.9. The molecule has 0 atom stereocenters. The van der Waals surface area contributed by atoms with E-state index in [9.17, 15) is 8.78 Å². The molecule has 3 nitrogen and oxygen atoms in total. The summed E-state index contributed by atoms with van der Waals surface area (Å²) in [5.41, 5.74) is 2.49. The maximum atomic E-state index is 12.9. The van der Waals surface area contributed by atoms with Gasteiger partial charge < -0.3 is 5.32 Å². The zero-order valence-electron chi connectivity index (χ0n) is 8.72. The van der Waals surface area contributed by atoms with Crippen LogP contribution in [0.15, 0.2) is 24.4 Å². The number of aryl methyl sites for hydroxylation is 1. The van der Waals surface area contributed by atoms with Gasteiger partial charge in [0, 0.05) is 29.6 Å². The standard InChI is InChI=1S/C11H11F2N3/c1-7-8(6-15-16-7)5-14-9-2-3-10(12)11(13)4-9/h2-4,6,14H,5H2,1H3,(H,15,16). The van der Waals surface area contributed by atoms with Gasteiger partial charge in [0.2, 0.25) is 0 Å². The van der Waals surface area contributed by atoms with Crippen LogP contribution in [0.1, 0.15) is 11.3 Å². The molecular formula is C11H11F2N3. The maximum Gasteiger partial charge on any atom is 0.160 e. The Balaban J connectivity index is 2.05. The highest BCUT2D eigenvalue weighted by atomic mass is 19.2. The Labute approximate surface area is 91.5 Å². The van der Waals surface area contributed by atoms with Crippen LogP contribution in [0.4, 0.5) is 14.5 Å². The molecule has 0 aliphatic rings. The molecule has 0 fully saturated rings. The summed E-state index contributed by atoms with van der Waals surface area (Å²) in [6.07, 6.45) is 1.70. The van der Waals surface area contributed by atoms with Crippen molar-refractivity contribution in [3.8, 4) is 0 Å². The van der Waals surface area contributed by atoms with Crippen LogP contribution in [0.5, 0.6) is 0 Å². The third-order valence-electron chi connectivity index (χ3n) is 2.34. The van der Waals surface area contributed by atoms with Crippen LogP contribution in [-0.2, 0) is 6.54 Å². The molecule has 0 saturated carbocycles. The summed E-state index contributed by atoms with van der Waals surface area (Å²) < 4.78 is 25.5. The first-order valence-corrected chi connectivity index (χ1v) is 4.84. The van der Waals surface area contributed by atoms with Crippen molar-refractivity contribution in [2.24, 2.45) is 0 Å². The molecule has 2 rings (SSSR count). The number of aromatic amines is 1. The second-order valence-corrected chi connectivity index (χ2v) is 3.50. The predicted molar refractivity (Wildman–Crippen MR) is 57.0 cm³/mol. The van der Waals surface area contributed by atoms with Crippen LogP contribution >= 0.6 is 0 Å². The minimum absolute atomic E-state index is 0.521. The summed E-state index contributed by atoms with van der Waals surface area (Å²) in [6, 6.07) is 3.72. The van der Waals surface area contributed by atoms with Gasteiger partial charge in [-0.15, -0.1) is 0 Å². The average molecular weight is 223 g/mol. The molecule has 0 amide bonds. The van der Waals surface area contributed by atoms with Crippen LogP contribution in [0.2, 0.25) is 0 Å². The predicted octanol–water partition coefficient (Wildman–Crippen LogP) is 2.61. The average Bonchev–Trinajstić information content (AvgIpc) is 2.66. The van der Waals surface area contributed by atoms with Crippen LogP contribution < -0.4 is 5.32 Å². The van der Waals surface area contributed by atoms with Crippen molar-refractivity contribution in [1.29, 1.82) is 0 Å². The Morgan fingerprint density at radius 2 is 2.12 bits per heavy atom. The van der Waals surface area contributed by atoms with E-state index in [0.717, 1.165) is 23.4 Å². The van der Waals surface area contributed by atoms with Crippen LogP contribution in [-0.4, -0.2) is 10.2 Å². The van der Waals surface area contributed by atoms with Crippen LogP contribution in [0, 0.1) is 18.6 Å². The molecule has 0 aliphatic heterocycles. The number of benzene rings is 1. The van der Waals surface area contributed by atoms with Gasteiger partial charge in [0.05, 0.1) is 6.20 Å². The Bertz CT molecular complexity index is 494. The lowest BCUT2D eigenvalue weighted by atomic mass is 10.2. The Kier molecular flexibility index (Phi) is 2.85. The Hall–Kier alpha value is -1.91. The Morgan fingerprint density at radius 1 is 1.31 bits per heavy atom. The summed E-state index contributed by atoms with van der Waals surface area (Å²) in [4.78, 5) is 0. The fourth-order valence-electron chi connectivity index (χ4n) is 1.36. The molecule has 0 spiro atoms. The van der Waals surface area contributed by atoms with Gasteiger partial charge in [-0.25, -0.2) is 8.78 Å². The fourth-order valence-corrected chi connectivity index (χ4v) is 1.36. The second-order valence-electron chi connectivity index (χ2n) is 3.50. The molecule has 1 aromatic heterocycles. The zero-order valence-corrected chi connectivity index (χ0v) is 8.72. The van der Waals surface area contributed by atoms with E-state index >= 15 is 0 Å². The van der Waals surface area contributed by atoms with Crippen molar-refractivity contribution in [2.45, 2.75) is 13.5 Å². The second kappa shape index (κ2) is 4.30. The zero-order chi connectivity index (χ0) is 11.5. The largest absolute Gasteiger partial charge is 0.381 e. The van der Waals surface area contributed by atoms with Crippen LogP contribution in [0.3, 0.4) is 0 Å². The summed E-state index contributed by atoms with van der Waals surface area (Å²) in [5.74, 6) is -1.70. The molecule has 0 saturated heterocycles. The minimum atomic E-state index is -0.853. The highest BCUT2D eigenvalue weighted by Crippen LogP contribution is 2.14. The lowest BCUT2D eigenvalue weighted by Gasteiger charge is -2.05. The fraction of sp³-hybridized carbons (Fsp3) is 0.182. The molecule has 16 heavy (non-hydrogen) atoms. The number of halogens is 2. The number of anilines is 1. The van der Waals surface area contributed by atoms with Gasteiger partial charge in [-0.05, 0) is 19.1 Å². The van der Waals surface area contributed by atoms with Gasteiger partial charge in [-0.2, -0.15) is 5.10 Å². The van der Waals surface area contributed by atoms with Crippen LogP contribution in [0.25, 0.3) is 0 Å². The molecule has 0 unspecified atom stereocenters. The first kappa shape index (κ1) is 10.6. The highest BCUT2D eigenvalue weighted by molar-refractivity contribution is 5.44. The van der Waals surface area contributed by atoms with Gasteiger partial charge in [0.15, 0.2) is 11.6 Å². The SMILES string of the molecule is Cc1[nH]ncc1CNc1ccc(F)c(F)c1. The number of nitrogens with zero attached hydrogens (tertiary/aromatic N) is 1. The summed E-state index contributed by atoms with van der Waals surface area (Å²) in [6.45, 7) is 2.42. The lowest BCUT2D eigenvalue weighted by molar-refractivity contribution is 0.509. The van der Waals surface area contributed by atoms with E-state index in [4.69, 9.17) is 0 Å². The van der Waals surface area contributed by atoms with Gasteiger partial charge in [0.1, 0.15) is 0 Å². The van der Waals surface area contributed by atoms with E-state index in [1.807, 2.05) is 6.92 Å². The minimum Gasteiger partial charge on any atom is -0.381 e. The van der Waals surface area contributed by atoms with Gasteiger partial charge in [-0.3, -0.25) is 5.10 Å². The molecular weight excluding hydrogens is 212 g/mol. The van der Waals surface area contributed by atoms with E-state index in [-0.39, 0.29) is 0 Å². The summed E-state index contributed by atoms with van der Waals surface area (Å²) in [7, 11) is 0. The van der Waals surface area contributed by atoms with Crippen molar-refractivity contribution >= 4 is 5.69 Å². The monoisotopic (exact) mass is 223 g/mol. The van der Waals surface area contributed by atoms with Crippen molar-refractivity contribution in [3.05, 3.63) is 47.3 Å². The van der Waals surface area contributed by atoms with E-state index in [1.54, 1.807) is 6.20 Å². The molecule has 84 valence electrons. The first-order valence-electron chi connectivity index (χ1n) is 4.84. The molecule has 0 bridgehead atoms. The molecule has 2 aromatic rings. The normalized spacial score (nSPS) is 10.4. The number of rotatable bonds is 3. The first-order chi connectivity index (χ1) is 7.66. The molecule has 0 radical (unpaired) electrons. The molecule has 2 N–H and O–H groups in total. The summed E-state index contributed by atoms with van der Waals surface area (Å²) >= 11 is 0. The van der Waals surface area contributed by atoms with E-state index in [2.05, 4.69) is 15.5 Å². The third kappa shape index (κ3) is 2.18. The van der Waals surface area contributed by atoms with E-state index in [0.29, 0.717) is 12.2 Å². The smallest absolute Gasteiger partial charge is 0.160 e. The third-order valence-corrected chi connectivity index (χ3v) is 2.34. The quantitative estimate of drug-likeness (QED) is 0.839. The van der Waals surface area contributed by atoms with Crippen molar-refractivity contribution in [1.82, 2.24) is 10.2 Å². The topological polar surface area (TPSA) is 40.7 Å². The van der Waals surface area contributed by atoms with Crippen molar-refractivity contribution < 1.29 is 8.78 Å². The van der Waals surface area contributed by atoms with Gasteiger partial charge in [-0.1, -0.05) is 0 Å². The molecule has 1 aromatic carbocycles. The Morgan fingerprint density at radius 3 is 2.75 bits per heavy atom. The molecule has 5 heteroatoms. The summed E-state index contributed by atoms with van der Waals surface area (Å²) in [5, 5.41) is 9.66. The number of hydrogen-bond donors (Lipinski definition) is 2. The molecule has 0 aliphatic carbocycles. The number of aromatic nitrogens is 2. The van der Waals surface area contributed by atoms with Crippen molar-refractivity contribution in [2.75, 3.05) is 5.32 Å². The van der Waals surface area contributed by atoms with Crippen molar-refractivity contribution in [3.63, 3.8) is 0 Å². The number of hydrogen-bond acceptors (Lipinski definition) is 2. The number of nitrogens with one attached hydrogen (secondary N) is 2. The number of H-pyrrole nitrogens is 1. The lowest BCUT2D eigenvalue weighted by Crippen LogP contribution is -2.00. The molecule has 1 heterocycles. The van der Waals surface area contributed by atoms with E-state index in [1.165, 1.54) is 6.07 Å². The van der Waals surface area contributed by atoms with Gasteiger partial charge >= 0.3 is 0 Å². The van der Waals surface area contributed by atoms with E-state index < -0.39 is 11.6 Å².